The molecule has 0 amide bonds. The Morgan fingerprint density at radius 2 is 0.676 bits per heavy atom. The number of rotatable bonds is 53. The zero-order chi connectivity index (χ0) is 49.2. The summed E-state index contributed by atoms with van der Waals surface area (Å²) in [6.45, 7) is 7.66. The van der Waals surface area contributed by atoms with Crippen LogP contribution in [0.2, 0.25) is 0 Å². The fourth-order valence-electron chi connectivity index (χ4n) is 8.11. The van der Waals surface area contributed by atoms with Crippen LogP contribution in [0.5, 0.6) is 0 Å². The summed E-state index contributed by atoms with van der Waals surface area (Å²) >= 11 is 0. The summed E-state index contributed by atoms with van der Waals surface area (Å²) in [5.41, 5.74) is 0. The third kappa shape index (κ3) is 55.7. The zero-order valence-corrected chi connectivity index (χ0v) is 45.1. The van der Waals surface area contributed by atoms with Gasteiger partial charge in [-0.1, -0.05) is 260 Å². The summed E-state index contributed by atoms with van der Waals surface area (Å²) < 4.78 is 17.4. The first-order valence-electron chi connectivity index (χ1n) is 29.1. The molecule has 0 unspecified atom stereocenters. The molecule has 68 heavy (non-hydrogen) atoms. The topological polar surface area (TPSA) is 61.8 Å². The predicted octanol–water partition coefficient (Wildman–Crippen LogP) is 20.0. The molecule has 5 heteroatoms. The third-order valence-corrected chi connectivity index (χ3v) is 12.4. The average molecular weight is 948 g/mol. The zero-order valence-electron chi connectivity index (χ0n) is 45.1. The summed E-state index contributed by atoms with van der Waals surface area (Å²) in [6.07, 6.45) is 77.5. The molecule has 0 heterocycles. The SMILES string of the molecule is CC/C=C\C/C=C\C/C=C\C/C=C\C/C=C\CCCC(=O)OC[C@@H](COCCCCCCCCCCCCCCCCCC)OC(=O)CCCCCCCCCCC/C=C\C/C=C\CCCCC. The highest BCUT2D eigenvalue weighted by atomic mass is 16.6. The molecule has 0 aromatic rings. The molecule has 0 aliphatic heterocycles. The fraction of sp³-hybridized carbons (Fsp3) is 0.746. The lowest BCUT2D eigenvalue weighted by molar-refractivity contribution is -0.163. The lowest BCUT2D eigenvalue weighted by Crippen LogP contribution is -2.30. The van der Waals surface area contributed by atoms with Gasteiger partial charge in [-0.3, -0.25) is 9.59 Å². The highest BCUT2D eigenvalue weighted by molar-refractivity contribution is 5.70. The Morgan fingerprint density at radius 1 is 0.338 bits per heavy atom. The Hall–Kier alpha value is -2.92. The summed E-state index contributed by atoms with van der Waals surface area (Å²) in [6, 6.07) is 0. The van der Waals surface area contributed by atoms with Crippen LogP contribution in [0.4, 0.5) is 0 Å². The van der Waals surface area contributed by atoms with Crippen LogP contribution in [0, 0.1) is 0 Å². The van der Waals surface area contributed by atoms with E-state index in [4.69, 9.17) is 14.2 Å². The van der Waals surface area contributed by atoms with Gasteiger partial charge in [-0.2, -0.15) is 0 Å². The van der Waals surface area contributed by atoms with E-state index in [2.05, 4.69) is 106 Å². The molecule has 0 bridgehead atoms. The van der Waals surface area contributed by atoms with Crippen LogP contribution in [0.25, 0.3) is 0 Å². The van der Waals surface area contributed by atoms with Gasteiger partial charge in [-0.05, 0) is 89.9 Å². The van der Waals surface area contributed by atoms with E-state index >= 15 is 0 Å². The number of carbonyl (C=O) groups is 2. The lowest BCUT2D eigenvalue weighted by Gasteiger charge is -2.18. The third-order valence-electron chi connectivity index (χ3n) is 12.4. The summed E-state index contributed by atoms with van der Waals surface area (Å²) in [5, 5.41) is 0. The van der Waals surface area contributed by atoms with Gasteiger partial charge >= 0.3 is 11.9 Å². The molecule has 5 nitrogen and oxygen atoms in total. The van der Waals surface area contributed by atoms with Crippen molar-refractivity contribution < 1.29 is 23.8 Å². The number of esters is 2. The second kappa shape index (κ2) is 58.4. The Balaban J connectivity index is 4.35. The second-order valence-electron chi connectivity index (χ2n) is 19.2. The Kier molecular flexibility index (Phi) is 55.9. The van der Waals surface area contributed by atoms with Crippen molar-refractivity contribution >= 4 is 11.9 Å². The van der Waals surface area contributed by atoms with Gasteiger partial charge < -0.3 is 14.2 Å². The number of ether oxygens (including phenoxy) is 3. The molecule has 1 atom stereocenters. The van der Waals surface area contributed by atoms with Crippen molar-refractivity contribution in [3.05, 3.63) is 85.1 Å². The molecule has 392 valence electrons. The van der Waals surface area contributed by atoms with E-state index in [0.717, 1.165) is 83.5 Å². The van der Waals surface area contributed by atoms with Crippen LogP contribution in [0.15, 0.2) is 85.1 Å². The van der Waals surface area contributed by atoms with E-state index in [-0.39, 0.29) is 25.2 Å². The summed E-state index contributed by atoms with van der Waals surface area (Å²) in [4.78, 5) is 25.5. The molecule has 0 radical (unpaired) electrons. The highest BCUT2D eigenvalue weighted by Gasteiger charge is 2.17. The first-order chi connectivity index (χ1) is 33.6. The van der Waals surface area contributed by atoms with Gasteiger partial charge in [0.2, 0.25) is 0 Å². The van der Waals surface area contributed by atoms with E-state index in [1.807, 2.05) is 0 Å². The van der Waals surface area contributed by atoms with Gasteiger partial charge in [0.25, 0.3) is 0 Å². The molecule has 0 fully saturated rings. The van der Waals surface area contributed by atoms with E-state index in [9.17, 15) is 9.59 Å². The minimum absolute atomic E-state index is 0.0536. The van der Waals surface area contributed by atoms with Crippen LogP contribution in [0.3, 0.4) is 0 Å². The standard InChI is InChI=1S/C63H110O5/c1-4-7-10-13-16-19-22-25-28-31-32-34-36-39-42-45-48-51-54-57-63(65)68-61(59-66-58-55-52-49-46-43-40-37-30-27-24-21-18-15-12-9-6-3)60-67-62(64)56-53-50-47-44-41-38-35-33-29-26-23-20-17-14-11-8-5-2/h8,11,16-17,19-20,25-26,28-29,35,38,44,47,61H,4-7,9-10,12-15,18,21-24,27,30-34,36-37,39-43,45-46,48-60H2,1-3H3/b11-8-,19-16-,20-17-,28-25-,29-26-,38-35-,47-44-/t61-/m1/s1. The van der Waals surface area contributed by atoms with E-state index in [0.29, 0.717) is 19.4 Å². The number of carbonyl (C=O) groups excluding carboxylic acids is 2. The Labute approximate surface area is 422 Å². The summed E-state index contributed by atoms with van der Waals surface area (Å²) in [5.74, 6) is -0.461. The normalized spacial score (nSPS) is 12.8. The second-order valence-corrected chi connectivity index (χ2v) is 19.2. The molecule has 0 N–H and O–H groups in total. The van der Waals surface area contributed by atoms with E-state index in [1.54, 1.807) is 0 Å². The number of hydrogen-bond donors (Lipinski definition) is 0. The molecule has 0 aliphatic rings. The van der Waals surface area contributed by atoms with Crippen molar-refractivity contribution in [1.82, 2.24) is 0 Å². The van der Waals surface area contributed by atoms with Crippen molar-refractivity contribution in [2.24, 2.45) is 0 Å². The smallest absolute Gasteiger partial charge is 0.306 e. The quantitative estimate of drug-likeness (QED) is 0.0345. The summed E-state index contributed by atoms with van der Waals surface area (Å²) in [7, 11) is 0. The first kappa shape index (κ1) is 65.1. The van der Waals surface area contributed by atoms with E-state index < -0.39 is 6.10 Å². The van der Waals surface area contributed by atoms with Gasteiger partial charge in [0.1, 0.15) is 6.61 Å². The van der Waals surface area contributed by atoms with Crippen molar-refractivity contribution in [1.29, 1.82) is 0 Å². The van der Waals surface area contributed by atoms with Crippen LogP contribution in [-0.4, -0.2) is 37.9 Å². The van der Waals surface area contributed by atoms with Gasteiger partial charge in [0.15, 0.2) is 6.10 Å². The molecule has 0 spiro atoms. The Morgan fingerprint density at radius 3 is 1.13 bits per heavy atom. The fourth-order valence-corrected chi connectivity index (χ4v) is 8.11. The number of hydrogen-bond acceptors (Lipinski definition) is 5. The monoisotopic (exact) mass is 947 g/mol. The maximum absolute atomic E-state index is 12.9. The number of allylic oxidation sites excluding steroid dienone is 14. The first-order valence-corrected chi connectivity index (χ1v) is 29.1. The lowest BCUT2D eigenvalue weighted by atomic mass is 10.0. The van der Waals surface area contributed by atoms with Gasteiger partial charge in [-0.25, -0.2) is 0 Å². The number of unbranched alkanes of at least 4 members (excludes halogenated alkanes) is 28. The van der Waals surface area contributed by atoms with Crippen molar-refractivity contribution in [3.63, 3.8) is 0 Å². The maximum atomic E-state index is 12.9. The van der Waals surface area contributed by atoms with Crippen molar-refractivity contribution in [2.75, 3.05) is 19.8 Å². The molecule has 0 saturated carbocycles. The molecular formula is C63H110O5. The van der Waals surface area contributed by atoms with Crippen LogP contribution in [0.1, 0.15) is 278 Å². The highest BCUT2D eigenvalue weighted by Crippen LogP contribution is 2.15. The molecule has 0 rings (SSSR count). The van der Waals surface area contributed by atoms with Crippen molar-refractivity contribution in [2.45, 2.75) is 284 Å². The predicted molar refractivity (Wildman–Crippen MR) is 297 cm³/mol. The molecule has 0 aromatic carbocycles. The van der Waals surface area contributed by atoms with Crippen LogP contribution < -0.4 is 0 Å². The Bertz CT molecular complexity index is 1250. The van der Waals surface area contributed by atoms with Crippen LogP contribution in [-0.2, 0) is 23.8 Å². The van der Waals surface area contributed by atoms with Crippen LogP contribution >= 0.6 is 0 Å². The average Bonchev–Trinajstić information content (AvgIpc) is 3.34. The van der Waals surface area contributed by atoms with Gasteiger partial charge in [-0.15, -0.1) is 0 Å². The molecule has 0 aliphatic carbocycles. The van der Waals surface area contributed by atoms with Gasteiger partial charge in [0, 0.05) is 19.4 Å². The molecule has 0 aromatic heterocycles. The maximum Gasteiger partial charge on any atom is 0.306 e. The van der Waals surface area contributed by atoms with E-state index in [1.165, 1.54) is 161 Å². The largest absolute Gasteiger partial charge is 0.462 e. The molecule has 0 saturated heterocycles. The van der Waals surface area contributed by atoms with Gasteiger partial charge in [0.05, 0.1) is 6.61 Å². The molecular weight excluding hydrogens is 837 g/mol. The van der Waals surface area contributed by atoms with Crippen molar-refractivity contribution in [3.8, 4) is 0 Å². The minimum Gasteiger partial charge on any atom is -0.462 e. The minimum atomic E-state index is -0.564.